The molecular formula is C22H40IN5O2. The van der Waals surface area contributed by atoms with Crippen LogP contribution in [0.3, 0.4) is 0 Å². The highest BCUT2D eigenvalue weighted by Crippen LogP contribution is 2.31. The van der Waals surface area contributed by atoms with Crippen molar-refractivity contribution in [3.8, 4) is 11.5 Å². The molecule has 0 aromatic heterocycles. The number of likely N-dealkylation sites (tertiary alicyclic amines) is 1. The van der Waals surface area contributed by atoms with Gasteiger partial charge in [0, 0.05) is 19.1 Å². The summed E-state index contributed by atoms with van der Waals surface area (Å²) < 4.78 is 10.8. The van der Waals surface area contributed by atoms with Crippen molar-refractivity contribution in [2.24, 2.45) is 4.99 Å². The van der Waals surface area contributed by atoms with E-state index in [4.69, 9.17) is 14.5 Å². The third-order valence-corrected chi connectivity index (χ3v) is 5.59. The van der Waals surface area contributed by atoms with Crippen molar-refractivity contribution in [2.75, 3.05) is 61.0 Å². The van der Waals surface area contributed by atoms with Gasteiger partial charge >= 0.3 is 0 Å². The van der Waals surface area contributed by atoms with Gasteiger partial charge in [-0.3, -0.25) is 9.89 Å². The van der Waals surface area contributed by atoms with Crippen molar-refractivity contribution < 1.29 is 9.47 Å². The van der Waals surface area contributed by atoms with Gasteiger partial charge < -0.3 is 25.0 Å². The normalized spacial score (nSPS) is 18.1. The molecular weight excluding hydrogens is 493 g/mol. The first-order valence-corrected chi connectivity index (χ1v) is 10.7. The molecule has 2 atom stereocenters. The Morgan fingerprint density at radius 2 is 1.93 bits per heavy atom. The fourth-order valence-corrected chi connectivity index (χ4v) is 3.90. The Balaban J connectivity index is 0.00000450. The Morgan fingerprint density at radius 3 is 2.53 bits per heavy atom. The average molecular weight is 533 g/mol. The first-order valence-electron chi connectivity index (χ1n) is 10.7. The van der Waals surface area contributed by atoms with Gasteiger partial charge in [0.05, 0.1) is 26.8 Å². The van der Waals surface area contributed by atoms with Crippen LogP contribution in [0.5, 0.6) is 11.5 Å². The van der Waals surface area contributed by atoms with Gasteiger partial charge in [0.25, 0.3) is 0 Å². The number of rotatable bonds is 10. The molecule has 0 bridgehead atoms. The minimum atomic E-state index is 0. The predicted molar refractivity (Wildman–Crippen MR) is 136 cm³/mol. The van der Waals surface area contributed by atoms with Crippen LogP contribution in [0.1, 0.15) is 38.3 Å². The SMILES string of the molecule is CCNC(=NCC(c1ccc(OC)c(OC)c1)N(C)C)NCC1CCCN1CC.I. The van der Waals surface area contributed by atoms with Crippen molar-refractivity contribution in [2.45, 2.75) is 38.8 Å². The number of halogens is 1. The summed E-state index contributed by atoms with van der Waals surface area (Å²) in [6.07, 6.45) is 2.54. The molecule has 7 nitrogen and oxygen atoms in total. The highest BCUT2D eigenvalue weighted by molar-refractivity contribution is 14.0. The van der Waals surface area contributed by atoms with Crippen LogP contribution in [-0.2, 0) is 0 Å². The Morgan fingerprint density at radius 1 is 1.20 bits per heavy atom. The number of hydrogen-bond acceptors (Lipinski definition) is 5. The van der Waals surface area contributed by atoms with Crippen LogP contribution in [-0.4, -0.2) is 82.8 Å². The summed E-state index contributed by atoms with van der Waals surface area (Å²) in [4.78, 5) is 9.61. The predicted octanol–water partition coefficient (Wildman–Crippen LogP) is 2.96. The quantitative estimate of drug-likeness (QED) is 0.274. The van der Waals surface area contributed by atoms with Crippen molar-refractivity contribution in [1.29, 1.82) is 0 Å². The van der Waals surface area contributed by atoms with Crippen molar-refractivity contribution >= 4 is 29.9 Å². The van der Waals surface area contributed by atoms with Gasteiger partial charge in [0.2, 0.25) is 0 Å². The summed E-state index contributed by atoms with van der Waals surface area (Å²) in [6.45, 7) is 9.09. The number of benzene rings is 1. The third-order valence-electron chi connectivity index (χ3n) is 5.59. The van der Waals surface area contributed by atoms with Crippen LogP contribution in [0.2, 0.25) is 0 Å². The molecule has 1 saturated heterocycles. The molecule has 0 amide bonds. The first kappa shape index (κ1) is 26.8. The lowest BCUT2D eigenvalue weighted by Gasteiger charge is -2.26. The second-order valence-corrected chi connectivity index (χ2v) is 7.62. The molecule has 1 aliphatic rings. The molecule has 0 spiro atoms. The minimum Gasteiger partial charge on any atom is -0.493 e. The highest BCUT2D eigenvalue weighted by Gasteiger charge is 2.23. The summed E-state index contributed by atoms with van der Waals surface area (Å²) in [5, 5.41) is 6.93. The number of guanidine groups is 1. The number of likely N-dealkylation sites (N-methyl/N-ethyl adjacent to an activating group) is 2. The number of ether oxygens (including phenoxy) is 2. The van der Waals surface area contributed by atoms with Gasteiger partial charge in [-0.2, -0.15) is 0 Å². The van der Waals surface area contributed by atoms with E-state index in [2.05, 4.69) is 54.4 Å². The highest BCUT2D eigenvalue weighted by atomic mass is 127. The Hall–Kier alpha value is -1.26. The van der Waals surface area contributed by atoms with Crippen LogP contribution in [0.4, 0.5) is 0 Å². The zero-order valence-corrected chi connectivity index (χ0v) is 21.7. The second kappa shape index (κ2) is 13.9. The van der Waals surface area contributed by atoms with Gasteiger partial charge in [-0.15, -0.1) is 24.0 Å². The number of hydrogen-bond donors (Lipinski definition) is 2. The number of methoxy groups -OCH3 is 2. The summed E-state index contributed by atoms with van der Waals surface area (Å²) >= 11 is 0. The summed E-state index contributed by atoms with van der Waals surface area (Å²) in [7, 11) is 7.48. The van der Waals surface area contributed by atoms with E-state index in [1.807, 2.05) is 12.1 Å². The smallest absolute Gasteiger partial charge is 0.191 e. The van der Waals surface area contributed by atoms with Crippen molar-refractivity contribution in [3.63, 3.8) is 0 Å². The van der Waals surface area contributed by atoms with Gasteiger partial charge in [-0.05, 0) is 64.6 Å². The molecule has 8 heteroatoms. The molecule has 2 rings (SSSR count). The van der Waals surface area contributed by atoms with E-state index in [-0.39, 0.29) is 30.0 Å². The molecule has 1 aliphatic heterocycles. The molecule has 1 aromatic carbocycles. The van der Waals surface area contributed by atoms with E-state index in [0.717, 1.165) is 42.7 Å². The molecule has 0 radical (unpaired) electrons. The summed E-state index contributed by atoms with van der Waals surface area (Å²) in [6, 6.07) is 6.82. The fourth-order valence-electron chi connectivity index (χ4n) is 3.90. The standard InChI is InChI=1S/C22H39N5O2.HI/c1-7-23-22(24-15-18-10-9-13-27(18)8-2)25-16-19(26(3)4)17-11-12-20(28-5)21(14-17)29-6;/h11-12,14,18-19H,7-10,13,15-16H2,1-6H3,(H2,23,24,25);1H. The van der Waals surface area contributed by atoms with E-state index in [1.54, 1.807) is 14.2 Å². The largest absolute Gasteiger partial charge is 0.493 e. The van der Waals surface area contributed by atoms with E-state index >= 15 is 0 Å². The van der Waals surface area contributed by atoms with Crippen LogP contribution in [0.25, 0.3) is 0 Å². The average Bonchev–Trinajstić information content (AvgIpc) is 3.19. The Kier molecular flexibility index (Phi) is 12.4. The van der Waals surface area contributed by atoms with Gasteiger partial charge in [0.1, 0.15) is 0 Å². The van der Waals surface area contributed by atoms with Crippen LogP contribution in [0, 0.1) is 0 Å². The third kappa shape index (κ3) is 7.46. The van der Waals surface area contributed by atoms with Crippen molar-refractivity contribution in [1.82, 2.24) is 20.4 Å². The Labute approximate surface area is 199 Å². The molecule has 172 valence electrons. The van der Waals surface area contributed by atoms with Crippen molar-refractivity contribution in [3.05, 3.63) is 23.8 Å². The molecule has 1 fully saturated rings. The molecule has 2 unspecified atom stereocenters. The number of nitrogens with one attached hydrogen (secondary N) is 2. The maximum atomic E-state index is 5.48. The van der Waals surface area contributed by atoms with E-state index < -0.39 is 0 Å². The van der Waals surface area contributed by atoms with Crippen LogP contribution < -0.4 is 20.1 Å². The first-order chi connectivity index (χ1) is 14.0. The Bertz CT molecular complexity index is 656. The number of aliphatic imine (C=N–C) groups is 1. The maximum absolute atomic E-state index is 5.48. The maximum Gasteiger partial charge on any atom is 0.191 e. The molecule has 30 heavy (non-hydrogen) atoms. The lowest BCUT2D eigenvalue weighted by atomic mass is 10.1. The monoisotopic (exact) mass is 533 g/mol. The van der Waals surface area contributed by atoms with Crippen LogP contribution >= 0.6 is 24.0 Å². The minimum absolute atomic E-state index is 0. The van der Waals surface area contributed by atoms with E-state index in [1.165, 1.54) is 19.4 Å². The fraction of sp³-hybridized carbons (Fsp3) is 0.682. The summed E-state index contributed by atoms with van der Waals surface area (Å²) in [5.74, 6) is 2.36. The zero-order valence-electron chi connectivity index (χ0n) is 19.4. The number of nitrogens with zero attached hydrogens (tertiary/aromatic N) is 3. The molecule has 2 N–H and O–H groups in total. The topological polar surface area (TPSA) is 61.4 Å². The lowest BCUT2D eigenvalue weighted by Crippen LogP contribution is -2.45. The van der Waals surface area contributed by atoms with Gasteiger partial charge in [-0.1, -0.05) is 13.0 Å². The molecule has 0 saturated carbocycles. The van der Waals surface area contributed by atoms with Crippen LogP contribution in [0.15, 0.2) is 23.2 Å². The lowest BCUT2D eigenvalue weighted by molar-refractivity contribution is 0.266. The van der Waals surface area contributed by atoms with E-state index in [9.17, 15) is 0 Å². The molecule has 0 aliphatic carbocycles. The van der Waals surface area contributed by atoms with Gasteiger partial charge in [0.15, 0.2) is 17.5 Å². The van der Waals surface area contributed by atoms with Gasteiger partial charge in [-0.25, -0.2) is 0 Å². The van der Waals surface area contributed by atoms with E-state index in [0.29, 0.717) is 12.6 Å². The molecule has 1 heterocycles. The second-order valence-electron chi connectivity index (χ2n) is 7.62. The summed E-state index contributed by atoms with van der Waals surface area (Å²) in [5.41, 5.74) is 1.15. The zero-order chi connectivity index (χ0) is 21.2. The molecule has 1 aromatic rings.